The molecule has 12 nitrogen and oxygen atoms in total. The minimum Gasteiger partial charge on any atom is -0.463 e. The lowest BCUT2D eigenvalue weighted by atomic mass is 10.1. The van der Waals surface area contributed by atoms with Crippen LogP contribution in [0.5, 0.6) is 0 Å². The number of rotatable bonds is 6. The molecule has 2 rings (SSSR count). The van der Waals surface area contributed by atoms with Gasteiger partial charge in [-0.25, -0.2) is 4.98 Å². The first kappa shape index (κ1) is 20.2. The molecule has 0 bridgehead atoms. The third-order valence-corrected chi connectivity index (χ3v) is 3.68. The maximum Gasteiger partial charge on any atom is 0.303 e. The SMILES string of the molecule is CC(=O)OC[C@@H]1O[C@H](n2cnc(C(N)=O)c2N)[C@H](OC(C)=O)[C@@H]1OC(C)=O. The number of nitrogens with two attached hydrogens (primary N) is 2. The van der Waals surface area contributed by atoms with Crippen molar-refractivity contribution in [2.75, 3.05) is 12.3 Å². The normalized spacial score (nSPS) is 24.3. The number of amides is 1. The number of esters is 3. The molecule has 0 aliphatic carbocycles. The monoisotopic (exact) mass is 384 g/mol. The quantitative estimate of drug-likeness (QED) is 0.451. The molecule has 4 atom stereocenters. The molecule has 1 amide bonds. The van der Waals surface area contributed by atoms with Crippen molar-refractivity contribution in [3.8, 4) is 0 Å². The zero-order valence-electron chi connectivity index (χ0n) is 14.9. The number of hydrogen-bond acceptors (Lipinski definition) is 10. The van der Waals surface area contributed by atoms with Crippen LogP contribution in [0.3, 0.4) is 0 Å². The van der Waals surface area contributed by atoms with Crippen LogP contribution < -0.4 is 11.5 Å². The Morgan fingerprint density at radius 3 is 2.19 bits per heavy atom. The second-order valence-corrected chi connectivity index (χ2v) is 5.77. The van der Waals surface area contributed by atoms with Gasteiger partial charge in [-0.3, -0.25) is 23.7 Å². The van der Waals surface area contributed by atoms with Crippen molar-refractivity contribution >= 4 is 29.6 Å². The summed E-state index contributed by atoms with van der Waals surface area (Å²) >= 11 is 0. The first-order valence-electron chi connectivity index (χ1n) is 7.87. The molecular weight excluding hydrogens is 364 g/mol. The van der Waals surface area contributed by atoms with Crippen molar-refractivity contribution < 1.29 is 38.1 Å². The van der Waals surface area contributed by atoms with Crippen LogP contribution in [0.15, 0.2) is 6.33 Å². The number of anilines is 1. The molecule has 1 aromatic rings. The maximum absolute atomic E-state index is 11.5. The Kier molecular flexibility index (Phi) is 6.00. The van der Waals surface area contributed by atoms with E-state index in [-0.39, 0.29) is 18.1 Å². The third-order valence-electron chi connectivity index (χ3n) is 3.68. The Morgan fingerprint density at radius 1 is 1.11 bits per heavy atom. The molecule has 1 aliphatic heterocycles. The summed E-state index contributed by atoms with van der Waals surface area (Å²) in [4.78, 5) is 49.3. The Bertz CT molecular complexity index is 761. The predicted octanol–water partition coefficient (Wildman–Crippen LogP) is -1.11. The lowest BCUT2D eigenvalue weighted by Crippen LogP contribution is -2.40. The Balaban J connectivity index is 2.41. The smallest absolute Gasteiger partial charge is 0.303 e. The highest BCUT2D eigenvalue weighted by molar-refractivity contribution is 5.95. The Morgan fingerprint density at radius 2 is 1.70 bits per heavy atom. The van der Waals surface area contributed by atoms with E-state index in [0.717, 1.165) is 13.8 Å². The molecule has 1 saturated heterocycles. The van der Waals surface area contributed by atoms with Gasteiger partial charge in [-0.05, 0) is 0 Å². The molecule has 2 heterocycles. The van der Waals surface area contributed by atoms with Gasteiger partial charge < -0.3 is 30.4 Å². The van der Waals surface area contributed by atoms with Crippen molar-refractivity contribution in [2.45, 2.75) is 45.3 Å². The molecule has 148 valence electrons. The molecular formula is C15H20N4O8. The van der Waals surface area contributed by atoms with Crippen LogP contribution >= 0.6 is 0 Å². The van der Waals surface area contributed by atoms with Gasteiger partial charge in [0, 0.05) is 20.8 Å². The fourth-order valence-corrected chi connectivity index (χ4v) is 2.68. The predicted molar refractivity (Wildman–Crippen MR) is 86.8 cm³/mol. The van der Waals surface area contributed by atoms with Crippen LogP contribution in [-0.4, -0.2) is 58.3 Å². The number of imidazole rings is 1. The van der Waals surface area contributed by atoms with E-state index < -0.39 is 48.4 Å². The summed E-state index contributed by atoms with van der Waals surface area (Å²) in [6.45, 7) is 3.26. The zero-order chi connectivity index (χ0) is 20.3. The van der Waals surface area contributed by atoms with E-state index in [1.165, 1.54) is 17.8 Å². The molecule has 0 radical (unpaired) electrons. The Hall–Kier alpha value is -3.15. The van der Waals surface area contributed by atoms with Crippen molar-refractivity contribution in [1.82, 2.24) is 9.55 Å². The van der Waals surface area contributed by atoms with Gasteiger partial charge in [0.15, 0.2) is 24.1 Å². The van der Waals surface area contributed by atoms with Crippen LogP contribution in [0, 0.1) is 0 Å². The summed E-state index contributed by atoms with van der Waals surface area (Å²) in [6.07, 6.45) is -3.10. The average Bonchev–Trinajstić information content (AvgIpc) is 3.06. The van der Waals surface area contributed by atoms with Gasteiger partial charge in [0.25, 0.3) is 5.91 Å². The van der Waals surface area contributed by atoms with Crippen LogP contribution in [-0.2, 0) is 33.3 Å². The largest absolute Gasteiger partial charge is 0.463 e. The van der Waals surface area contributed by atoms with Gasteiger partial charge in [-0.2, -0.15) is 0 Å². The summed E-state index contributed by atoms with van der Waals surface area (Å²) in [5, 5.41) is 0. The molecule has 27 heavy (non-hydrogen) atoms. The van der Waals surface area contributed by atoms with Gasteiger partial charge in [0.1, 0.15) is 18.5 Å². The fraction of sp³-hybridized carbons (Fsp3) is 0.533. The molecule has 0 spiro atoms. The molecule has 0 aromatic carbocycles. The van der Waals surface area contributed by atoms with Crippen molar-refractivity contribution in [1.29, 1.82) is 0 Å². The number of nitrogen functional groups attached to an aromatic ring is 1. The summed E-state index contributed by atoms with van der Waals surface area (Å²) in [7, 11) is 0. The molecule has 4 N–H and O–H groups in total. The van der Waals surface area contributed by atoms with Gasteiger partial charge in [-0.1, -0.05) is 0 Å². The summed E-state index contributed by atoms with van der Waals surface area (Å²) in [5.74, 6) is -2.90. The molecule has 0 saturated carbocycles. The fourth-order valence-electron chi connectivity index (χ4n) is 2.68. The maximum atomic E-state index is 11.5. The highest BCUT2D eigenvalue weighted by Crippen LogP contribution is 2.36. The molecule has 0 unspecified atom stereocenters. The van der Waals surface area contributed by atoms with Crippen LogP contribution in [0.2, 0.25) is 0 Å². The summed E-state index contributed by atoms with van der Waals surface area (Å²) in [5.41, 5.74) is 10.9. The van der Waals surface area contributed by atoms with E-state index in [2.05, 4.69) is 4.98 Å². The summed E-state index contributed by atoms with van der Waals surface area (Å²) < 4.78 is 22.4. The number of hydrogen-bond donors (Lipinski definition) is 2. The second-order valence-electron chi connectivity index (χ2n) is 5.77. The molecule has 12 heteroatoms. The lowest BCUT2D eigenvalue weighted by molar-refractivity contribution is -0.166. The van der Waals surface area contributed by atoms with E-state index in [1.54, 1.807) is 0 Å². The number of aromatic nitrogens is 2. The lowest BCUT2D eigenvalue weighted by Gasteiger charge is -2.24. The van der Waals surface area contributed by atoms with Gasteiger partial charge >= 0.3 is 17.9 Å². The van der Waals surface area contributed by atoms with E-state index in [1.807, 2.05) is 0 Å². The minimum absolute atomic E-state index is 0.126. The third kappa shape index (κ3) is 4.53. The van der Waals surface area contributed by atoms with Crippen molar-refractivity contribution in [3.05, 3.63) is 12.0 Å². The van der Waals surface area contributed by atoms with Crippen molar-refractivity contribution in [3.63, 3.8) is 0 Å². The van der Waals surface area contributed by atoms with E-state index in [0.29, 0.717) is 0 Å². The number of ether oxygens (including phenoxy) is 4. The summed E-state index contributed by atoms with van der Waals surface area (Å²) in [6, 6.07) is 0. The number of carbonyl (C=O) groups excluding carboxylic acids is 4. The molecule has 1 aromatic heterocycles. The van der Waals surface area contributed by atoms with Crippen LogP contribution in [0.25, 0.3) is 0 Å². The zero-order valence-corrected chi connectivity index (χ0v) is 14.9. The Labute approximate surface area is 153 Å². The van der Waals surface area contributed by atoms with Gasteiger partial charge in [-0.15, -0.1) is 0 Å². The molecule has 1 aliphatic rings. The van der Waals surface area contributed by atoms with Crippen molar-refractivity contribution in [2.24, 2.45) is 5.73 Å². The number of carbonyl (C=O) groups is 4. The first-order valence-corrected chi connectivity index (χ1v) is 7.87. The standard InChI is InChI=1S/C15H20N4O8/c1-6(20)24-4-9-11(25-7(2)21)12(26-8(3)22)15(27-9)19-5-18-10(13(19)16)14(17)23/h5,9,11-12,15H,4,16H2,1-3H3,(H2,17,23)/t9-,11+,12+,15-/m0/s1. The van der Waals surface area contributed by atoms with Crippen LogP contribution in [0.4, 0.5) is 5.82 Å². The van der Waals surface area contributed by atoms with Gasteiger partial charge in [0.2, 0.25) is 0 Å². The second kappa shape index (κ2) is 8.03. The highest BCUT2D eigenvalue weighted by atomic mass is 16.7. The van der Waals surface area contributed by atoms with E-state index in [9.17, 15) is 19.2 Å². The van der Waals surface area contributed by atoms with Gasteiger partial charge in [0.05, 0.1) is 6.33 Å². The van der Waals surface area contributed by atoms with E-state index in [4.69, 9.17) is 30.4 Å². The minimum atomic E-state index is -1.14. The highest BCUT2D eigenvalue weighted by Gasteiger charge is 2.51. The number of primary amides is 1. The average molecular weight is 384 g/mol. The topological polar surface area (TPSA) is 175 Å². The van der Waals surface area contributed by atoms with Crippen LogP contribution in [0.1, 0.15) is 37.5 Å². The number of nitrogens with zero attached hydrogens (tertiary/aromatic N) is 2. The molecule has 1 fully saturated rings. The first-order chi connectivity index (χ1) is 12.6. The van der Waals surface area contributed by atoms with E-state index >= 15 is 0 Å².